The largest absolute Gasteiger partial charge is 0.618 e. The number of hydrogen-bond acceptors (Lipinski definition) is 3. The van der Waals surface area contributed by atoms with Crippen LogP contribution in [0.5, 0.6) is 0 Å². The molecule has 1 atom stereocenters. The molecule has 0 fully saturated rings. The van der Waals surface area contributed by atoms with Crippen molar-refractivity contribution in [3.63, 3.8) is 0 Å². The number of para-hydroxylation sites is 1. The molecule has 2 N–H and O–H groups in total. The summed E-state index contributed by atoms with van der Waals surface area (Å²) in [5.41, 5.74) is 1.88. The van der Waals surface area contributed by atoms with Crippen molar-refractivity contribution in [3.05, 3.63) is 106 Å². The number of rotatable bonds is 4. The highest BCUT2D eigenvalue weighted by atomic mass is 16.5. The molecular formula is C23H19N3O3. The third-order valence-corrected chi connectivity index (χ3v) is 4.84. The van der Waals surface area contributed by atoms with Gasteiger partial charge in [-0.3, -0.25) is 9.59 Å². The molecule has 0 radical (unpaired) electrons. The van der Waals surface area contributed by atoms with Gasteiger partial charge in [0.2, 0.25) is 5.69 Å². The van der Waals surface area contributed by atoms with Gasteiger partial charge in [-0.1, -0.05) is 42.5 Å². The van der Waals surface area contributed by atoms with Gasteiger partial charge < -0.3 is 15.5 Å². The zero-order valence-corrected chi connectivity index (χ0v) is 15.8. The summed E-state index contributed by atoms with van der Waals surface area (Å²) in [5.74, 6) is -0.456. The number of H-pyrrole nitrogens is 1. The van der Waals surface area contributed by atoms with Crippen LogP contribution in [-0.2, 0) is 0 Å². The van der Waals surface area contributed by atoms with Gasteiger partial charge in [-0.15, -0.1) is 0 Å². The number of carbonyl (C=O) groups is 1. The molecule has 0 aliphatic rings. The minimum Gasteiger partial charge on any atom is -0.618 e. The predicted octanol–water partition coefficient (Wildman–Crippen LogP) is 3.32. The number of fused-ring (bicyclic) bond motifs is 1. The van der Waals surface area contributed by atoms with Gasteiger partial charge >= 0.3 is 0 Å². The van der Waals surface area contributed by atoms with Crippen LogP contribution in [0.4, 0.5) is 0 Å². The highest BCUT2D eigenvalue weighted by molar-refractivity contribution is 6.02. The van der Waals surface area contributed by atoms with Crippen LogP contribution in [0.15, 0.2) is 83.8 Å². The van der Waals surface area contributed by atoms with Gasteiger partial charge in [0.15, 0.2) is 11.6 Å². The summed E-state index contributed by atoms with van der Waals surface area (Å²) < 4.78 is 0.714. The molecule has 2 aromatic heterocycles. The highest BCUT2D eigenvalue weighted by Gasteiger charge is 2.23. The van der Waals surface area contributed by atoms with Crippen LogP contribution >= 0.6 is 0 Å². The predicted molar refractivity (Wildman–Crippen MR) is 111 cm³/mol. The molecule has 29 heavy (non-hydrogen) atoms. The normalized spacial score (nSPS) is 11.9. The van der Waals surface area contributed by atoms with E-state index in [9.17, 15) is 14.8 Å². The van der Waals surface area contributed by atoms with Crippen molar-refractivity contribution >= 4 is 16.8 Å². The Kier molecular flexibility index (Phi) is 4.83. The molecule has 0 aliphatic heterocycles. The zero-order chi connectivity index (χ0) is 20.4. The van der Waals surface area contributed by atoms with E-state index in [4.69, 9.17) is 0 Å². The van der Waals surface area contributed by atoms with Crippen LogP contribution in [0.1, 0.15) is 29.1 Å². The number of amides is 1. The average Bonchev–Trinajstić information content (AvgIpc) is 2.74. The van der Waals surface area contributed by atoms with E-state index in [2.05, 4.69) is 10.3 Å². The first-order valence-electron chi connectivity index (χ1n) is 9.25. The molecule has 0 saturated heterocycles. The molecule has 2 heterocycles. The van der Waals surface area contributed by atoms with E-state index < -0.39 is 11.9 Å². The highest BCUT2D eigenvalue weighted by Crippen LogP contribution is 2.22. The van der Waals surface area contributed by atoms with Gasteiger partial charge in [-0.25, -0.2) is 0 Å². The Bertz CT molecular complexity index is 1250. The number of aromatic amines is 1. The molecule has 144 valence electrons. The van der Waals surface area contributed by atoms with Crippen LogP contribution < -0.4 is 15.5 Å². The second-order valence-electron chi connectivity index (χ2n) is 6.76. The van der Waals surface area contributed by atoms with Crippen molar-refractivity contribution in [2.75, 3.05) is 0 Å². The molecular weight excluding hydrogens is 366 g/mol. The first kappa shape index (κ1) is 18.4. The van der Waals surface area contributed by atoms with Gasteiger partial charge in [0, 0.05) is 23.0 Å². The fourth-order valence-electron chi connectivity index (χ4n) is 3.41. The molecule has 0 aliphatic carbocycles. The monoisotopic (exact) mass is 385 g/mol. The number of hydrogen-bond donors (Lipinski definition) is 2. The minimum atomic E-state index is -0.542. The molecule has 4 aromatic rings. The fraction of sp³-hybridized carbons (Fsp3) is 0.0870. The first-order valence-corrected chi connectivity index (χ1v) is 9.25. The maximum Gasteiger partial charge on any atom is 0.269 e. The van der Waals surface area contributed by atoms with Crippen LogP contribution in [0.2, 0.25) is 0 Å². The van der Waals surface area contributed by atoms with E-state index in [1.165, 1.54) is 6.20 Å². The maximum atomic E-state index is 13.2. The van der Waals surface area contributed by atoms with E-state index in [0.717, 1.165) is 0 Å². The van der Waals surface area contributed by atoms with Gasteiger partial charge in [0.25, 0.3) is 5.91 Å². The topological polar surface area (TPSA) is 88.9 Å². The smallest absolute Gasteiger partial charge is 0.269 e. The summed E-state index contributed by atoms with van der Waals surface area (Å²) in [7, 11) is 0. The molecule has 4 rings (SSSR count). The summed E-state index contributed by atoms with van der Waals surface area (Å²) >= 11 is 0. The van der Waals surface area contributed by atoms with Crippen molar-refractivity contribution in [1.82, 2.24) is 10.3 Å². The van der Waals surface area contributed by atoms with Gasteiger partial charge in [0.1, 0.15) is 11.7 Å². The van der Waals surface area contributed by atoms with Gasteiger partial charge in [0.05, 0.1) is 5.56 Å². The van der Waals surface area contributed by atoms with Crippen molar-refractivity contribution in [2.45, 2.75) is 13.0 Å². The summed E-state index contributed by atoms with van der Waals surface area (Å²) in [6, 6.07) is 20.6. The lowest BCUT2D eigenvalue weighted by Gasteiger charge is -2.16. The molecule has 0 unspecified atom stereocenters. The fourth-order valence-corrected chi connectivity index (χ4v) is 3.41. The molecule has 2 aromatic carbocycles. The molecule has 6 nitrogen and oxygen atoms in total. The minimum absolute atomic E-state index is 0.167. The lowest BCUT2D eigenvalue weighted by atomic mass is 10.00. The van der Waals surface area contributed by atoms with Crippen molar-refractivity contribution in [1.29, 1.82) is 0 Å². The second kappa shape index (κ2) is 7.59. The SMILES string of the molecule is C[C@H](NC(=O)c1[nH]c2ccccc2c(=O)c1-c1ccccc1)c1cccc[n+]1[O-]. The Morgan fingerprint density at radius 3 is 2.45 bits per heavy atom. The standard InChI is InChI=1S/C23H19N3O3/c1-15(19-13-7-8-14-26(19)29)24-23(28)21-20(16-9-3-2-4-10-16)22(27)17-11-5-6-12-18(17)25-21/h2-15H,1H3,(H,24,28)(H,25,27)/t15-/m0/s1. The Balaban J connectivity index is 1.83. The number of nitrogens with one attached hydrogen (secondary N) is 2. The van der Waals surface area contributed by atoms with E-state index in [0.29, 0.717) is 32.5 Å². The van der Waals surface area contributed by atoms with Crippen LogP contribution in [-0.4, -0.2) is 10.9 Å². The van der Waals surface area contributed by atoms with E-state index >= 15 is 0 Å². The summed E-state index contributed by atoms with van der Waals surface area (Å²) in [6.07, 6.45) is 1.38. The van der Waals surface area contributed by atoms with Crippen molar-refractivity contribution in [2.24, 2.45) is 0 Å². The van der Waals surface area contributed by atoms with Crippen LogP contribution in [0, 0.1) is 5.21 Å². The Hall–Kier alpha value is -3.93. The van der Waals surface area contributed by atoms with E-state index in [-0.39, 0.29) is 11.1 Å². The zero-order valence-electron chi connectivity index (χ0n) is 15.8. The van der Waals surface area contributed by atoms with E-state index in [1.54, 1.807) is 61.5 Å². The molecule has 0 saturated carbocycles. The van der Waals surface area contributed by atoms with E-state index in [1.807, 2.05) is 18.2 Å². The summed E-state index contributed by atoms with van der Waals surface area (Å²) in [6.45, 7) is 1.73. The second-order valence-corrected chi connectivity index (χ2v) is 6.76. The number of carbonyl (C=O) groups excluding carboxylic acids is 1. The van der Waals surface area contributed by atoms with Crippen molar-refractivity contribution < 1.29 is 9.52 Å². The third-order valence-electron chi connectivity index (χ3n) is 4.84. The maximum absolute atomic E-state index is 13.2. The third kappa shape index (κ3) is 3.48. The van der Waals surface area contributed by atoms with Gasteiger partial charge in [-0.05, 0) is 30.7 Å². The Morgan fingerprint density at radius 2 is 1.69 bits per heavy atom. The quantitative estimate of drug-likeness (QED) is 0.417. The lowest BCUT2D eigenvalue weighted by molar-refractivity contribution is -0.615. The van der Waals surface area contributed by atoms with Crippen molar-refractivity contribution in [3.8, 4) is 11.1 Å². The Morgan fingerprint density at radius 1 is 1.00 bits per heavy atom. The average molecular weight is 385 g/mol. The number of pyridine rings is 2. The van der Waals surface area contributed by atoms with Crippen LogP contribution in [0.3, 0.4) is 0 Å². The molecule has 1 amide bonds. The molecule has 0 spiro atoms. The lowest BCUT2D eigenvalue weighted by Crippen LogP contribution is -2.38. The Labute approximate surface area is 167 Å². The first-order chi connectivity index (χ1) is 14.1. The van der Waals surface area contributed by atoms with Crippen LogP contribution in [0.25, 0.3) is 22.0 Å². The number of nitrogens with zero attached hydrogens (tertiary/aromatic N) is 1. The number of benzene rings is 2. The molecule has 0 bridgehead atoms. The molecule has 6 heteroatoms. The summed E-state index contributed by atoms with van der Waals surface area (Å²) in [4.78, 5) is 29.5. The number of aromatic nitrogens is 2. The summed E-state index contributed by atoms with van der Waals surface area (Å²) in [5, 5.41) is 15.3. The van der Waals surface area contributed by atoms with Gasteiger partial charge in [-0.2, -0.15) is 4.73 Å².